The Bertz CT molecular complexity index is 838. The molecule has 1 fully saturated rings. The number of Topliss-reactive ketones (excluding diaryl/α,β-unsaturated/α-hetero) is 1. The van der Waals surface area contributed by atoms with Gasteiger partial charge in [-0.15, -0.1) is 11.3 Å². The van der Waals surface area contributed by atoms with Crippen molar-refractivity contribution in [3.05, 3.63) is 51.7 Å². The number of ketones is 1. The molecule has 1 spiro atoms. The van der Waals surface area contributed by atoms with Crippen LogP contribution in [0.5, 0.6) is 5.75 Å². The lowest BCUT2D eigenvalue weighted by Gasteiger charge is -2.44. The molecule has 4 rings (SSSR count). The summed E-state index contributed by atoms with van der Waals surface area (Å²) in [5.41, 5.74) is 1.24. The fourth-order valence-electron chi connectivity index (χ4n) is 3.68. The summed E-state index contributed by atoms with van der Waals surface area (Å²) in [7, 11) is 0. The fourth-order valence-corrected chi connectivity index (χ4v) is 4.47. The van der Waals surface area contributed by atoms with Gasteiger partial charge in [0, 0.05) is 30.2 Å². The Balaban J connectivity index is 1.59. The maximum absolute atomic E-state index is 12.7. The molecule has 0 radical (unpaired) electrons. The number of fused-ring (bicyclic) bond motifs is 1. The monoisotopic (exact) mass is 371 g/mol. The Hall–Kier alpha value is -2.18. The largest absolute Gasteiger partial charge is 0.487 e. The van der Waals surface area contributed by atoms with Crippen molar-refractivity contribution >= 4 is 23.0 Å². The third-order valence-corrected chi connectivity index (χ3v) is 6.15. The summed E-state index contributed by atoms with van der Waals surface area (Å²) in [5, 5.41) is 4.89. The van der Waals surface area contributed by atoms with E-state index < -0.39 is 0 Å². The second kappa shape index (κ2) is 6.85. The van der Waals surface area contributed by atoms with Gasteiger partial charge in [-0.2, -0.15) is 0 Å². The standard InChI is InChI=1S/C20H21NO4S/c1-13(22)18-10-14(12-26-18)19(23)21-16-11-20(6-8-24-9-7-20)25-17-5-3-2-4-15(16)17/h2-5,10,12,16H,6-9,11H2,1H3,(H,21,23)/t16-/m0/s1. The van der Waals surface area contributed by atoms with Crippen LogP contribution in [0.3, 0.4) is 0 Å². The van der Waals surface area contributed by atoms with E-state index in [1.54, 1.807) is 11.4 Å². The van der Waals surface area contributed by atoms with Gasteiger partial charge in [0.1, 0.15) is 11.4 Å². The van der Waals surface area contributed by atoms with E-state index in [1.165, 1.54) is 18.3 Å². The van der Waals surface area contributed by atoms with Crippen LogP contribution in [0.15, 0.2) is 35.7 Å². The van der Waals surface area contributed by atoms with Crippen LogP contribution in [0.4, 0.5) is 0 Å². The molecule has 2 aliphatic rings. The summed E-state index contributed by atoms with van der Waals surface area (Å²) in [5.74, 6) is 0.657. The highest BCUT2D eigenvalue weighted by Crippen LogP contribution is 2.44. The number of amides is 1. The maximum Gasteiger partial charge on any atom is 0.252 e. The van der Waals surface area contributed by atoms with Crippen molar-refractivity contribution in [2.45, 2.75) is 37.8 Å². The normalized spacial score (nSPS) is 20.9. The number of carbonyl (C=O) groups is 2. The number of hydrogen-bond donors (Lipinski definition) is 1. The molecule has 1 aromatic carbocycles. The molecule has 0 bridgehead atoms. The first kappa shape index (κ1) is 17.2. The summed E-state index contributed by atoms with van der Waals surface area (Å²) in [4.78, 5) is 24.8. The Morgan fingerprint density at radius 3 is 2.73 bits per heavy atom. The van der Waals surface area contributed by atoms with Gasteiger partial charge in [-0.25, -0.2) is 0 Å². The van der Waals surface area contributed by atoms with E-state index in [0.717, 1.165) is 30.6 Å². The molecule has 3 heterocycles. The first-order chi connectivity index (χ1) is 12.6. The maximum atomic E-state index is 12.7. The number of hydrogen-bond acceptors (Lipinski definition) is 5. The highest BCUT2D eigenvalue weighted by Gasteiger charge is 2.42. The summed E-state index contributed by atoms with van der Waals surface area (Å²) in [6, 6.07) is 9.42. The van der Waals surface area contributed by atoms with Crippen LogP contribution in [0, 0.1) is 0 Å². The molecule has 1 atom stereocenters. The van der Waals surface area contributed by atoms with E-state index in [4.69, 9.17) is 9.47 Å². The minimum atomic E-state index is -0.288. The van der Waals surface area contributed by atoms with Gasteiger partial charge in [-0.3, -0.25) is 9.59 Å². The smallest absolute Gasteiger partial charge is 0.252 e. The van der Waals surface area contributed by atoms with Gasteiger partial charge in [-0.05, 0) is 19.1 Å². The zero-order valence-corrected chi connectivity index (χ0v) is 15.4. The topological polar surface area (TPSA) is 64.6 Å². The molecule has 1 amide bonds. The quantitative estimate of drug-likeness (QED) is 0.835. The molecule has 1 N–H and O–H groups in total. The number of para-hydroxylation sites is 1. The fraction of sp³-hybridized carbons (Fsp3) is 0.400. The minimum Gasteiger partial charge on any atom is -0.487 e. The van der Waals surface area contributed by atoms with Crippen LogP contribution in [0.1, 0.15) is 57.8 Å². The zero-order valence-electron chi connectivity index (χ0n) is 14.6. The molecule has 5 nitrogen and oxygen atoms in total. The van der Waals surface area contributed by atoms with Crippen LogP contribution in [-0.2, 0) is 4.74 Å². The van der Waals surface area contributed by atoms with Gasteiger partial charge in [0.05, 0.1) is 29.7 Å². The van der Waals surface area contributed by atoms with Gasteiger partial charge < -0.3 is 14.8 Å². The molecule has 26 heavy (non-hydrogen) atoms. The Morgan fingerprint density at radius 1 is 1.23 bits per heavy atom. The van der Waals surface area contributed by atoms with Gasteiger partial charge in [0.2, 0.25) is 0 Å². The third-order valence-electron chi connectivity index (χ3n) is 5.12. The van der Waals surface area contributed by atoms with Gasteiger partial charge in [0.25, 0.3) is 5.91 Å². The van der Waals surface area contributed by atoms with Crippen molar-refractivity contribution in [3.8, 4) is 5.75 Å². The number of ether oxygens (including phenoxy) is 2. The Labute approximate surface area is 156 Å². The predicted octanol–water partition coefficient (Wildman–Crippen LogP) is 3.75. The number of rotatable bonds is 3. The van der Waals surface area contributed by atoms with Crippen LogP contribution in [0.2, 0.25) is 0 Å². The first-order valence-electron chi connectivity index (χ1n) is 8.82. The van der Waals surface area contributed by atoms with E-state index in [-0.39, 0.29) is 23.3 Å². The number of nitrogens with one attached hydrogen (secondary N) is 1. The van der Waals surface area contributed by atoms with Crippen LogP contribution < -0.4 is 10.1 Å². The Kier molecular flexibility index (Phi) is 4.54. The van der Waals surface area contributed by atoms with E-state index >= 15 is 0 Å². The molecule has 0 unspecified atom stereocenters. The van der Waals surface area contributed by atoms with Crippen LogP contribution >= 0.6 is 11.3 Å². The Morgan fingerprint density at radius 2 is 2.00 bits per heavy atom. The predicted molar refractivity (Wildman–Crippen MR) is 99.0 cm³/mol. The molecule has 0 saturated carbocycles. The molecular weight excluding hydrogens is 350 g/mol. The number of thiophene rings is 1. The molecule has 1 aromatic heterocycles. The molecule has 2 aliphatic heterocycles. The highest BCUT2D eigenvalue weighted by atomic mass is 32.1. The minimum absolute atomic E-state index is 0.0216. The lowest BCUT2D eigenvalue weighted by molar-refractivity contribution is -0.0639. The van der Waals surface area contributed by atoms with Crippen molar-refractivity contribution in [1.29, 1.82) is 0 Å². The second-order valence-electron chi connectivity index (χ2n) is 6.92. The summed E-state index contributed by atoms with van der Waals surface area (Å²) in [6.45, 7) is 2.86. The second-order valence-corrected chi connectivity index (χ2v) is 7.83. The summed E-state index contributed by atoms with van der Waals surface area (Å²) < 4.78 is 11.8. The molecule has 1 saturated heterocycles. The van der Waals surface area contributed by atoms with E-state index in [1.807, 2.05) is 24.3 Å². The average molecular weight is 371 g/mol. The molecular formula is C20H21NO4S. The number of carbonyl (C=O) groups excluding carboxylic acids is 2. The third kappa shape index (κ3) is 3.27. The van der Waals surface area contributed by atoms with E-state index in [0.29, 0.717) is 23.7 Å². The SMILES string of the molecule is CC(=O)c1cc(C(=O)N[C@H]2CC3(CCOCC3)Oc3ccccc32)cs1. The van der Waals surface area contributed by atoms with Crippen molar-refractivity contribution in [1.82, 2.24) is 5.32 Å². The summed E-state index contributed by atoms with van der Waals surface area (Å²) in [6.07, 6.45) is 2.37. The lowest BCUT2D eigenvalue weighted by atomic mass is 9.82. The molecule has 0 aliphatic carbocycles. The first-order valence-corrected chi connectivity index (χ1v) is 9.70. The van der Waals surface area contributed by atoms with Gasteiger partial charge >= 0.3 is 0 Å². The van der Waals surface area contributed by atoms with Crippen LogP contribution in [0.25, 0.3) is 0 Å². The molecule has 2 aromatic rings. The molecule has 6 heteroatoms. The van der Waals surface area contributed by atoms with Gasteiger partial charge in [-0.1, -0.05) is 18.2 Å². The van der Waals surface area contributed by atoms with E-state index in [9.17, 15) is 9.59 Å². The average Bonchev–Trinajstić information content (AvgIpc) is 3.13. The summed E-state index contributed by atoms with van der Waals surface area (Å²) >= 11 is 1.30. The van der Waals surface area contributed by atoms with Crippen molar-refractivity contribution in [2.24, 2.45) is 0 Å². The van der Waals surface area contributed by atoms with Crippen molar-refractivity contribution in [3.63, 3.8) is 0 Å². The molecule has 136 valence electrons. The van der Waals surface area contributed by atoms with Crippen molar-refractivity contribution in [2.75, 3.05) is 13.2 Å². The highest BCUT2D eigenvalue weighted by molar-refractivity contribution is 7.12. The lowest BCUT2D eigenvalue weighted by Crippen LogP contribution is -2.48. The van der Waals surface area contributed by atoms with Gasteiger partial charge in [0.15, 0.2) is 5.78 Å². The van der Waals surface area contributed by atoms with Crippen molar-refractivity contribution < 1.29 is 19.1 Å². The zero-order chi connectivity index (χ0) is 18.1. The van der Waals surface area contributed by atoms with Crippen LogP contribution in [-0.4, -0.2) is 30.5 Å². The number of benzene rings is 1. The van der Waals surface area contributed by atoms with E-state index in [2.05, 4.69) is 5.32 Å².